The van der Waals surface area contributed by atoms with E-state index in [0.29, 0.717) is 22.5 Å². The molecule has 1 saturated heterocycles. The quantitative estimate of drug-likeness (QED) is 0.536. The highest BCUT2D eigenvalue weighted by atomic mass is 16.5. The fourth-order valence-corrected chi connectivity index (χ4v) is 2.87. The Hall–Kier alpha value is -2.32. The Labute approximate surface area is 148 Å². The monoisotopic (exact) mass is 351 g/mol. The van der Waals surface area contributed by atoms with Gasteiger partial charge in [-0.2, -0.15) is 0 Å². The molecule has 8 heteroatoms. The lowest BCUT2D eigenvalue weighted by Gasteiger charge is -2.40. The highest BCUT2D eigenvalue weighted by molar-refractivity contribution is 5.96. The van der Waals surface area contributed by atoms with Crippen LogP contribution in [0, 0.1) is 0 Å². The Morgan fingerprint density at radius 3 is 2.44 bits per heavy atom. The lowest BCUT2D eigenvalue weighted by molar-refractivity contribution is -0.905. The molecule has 2 amide bonds. The molecular weight excluding hydrogens is 324 g/mol. The molecule has 1 aliphatic rings. The summed E-state index contributed by atoms with van der Waals surface area (Å²) >= 11 is 0. The highest BCUT2D eigenvalue weighted by Crippen LogP contribution is 2.35. The van der Waals surface area contributed by atoms with Gasteiger partial charge in [-0.05, 0) is 7.05 Å². The van der Waals surface area contributed by atoms with Gasteiger partial charge in [0.05, 0.1) is 38.6 Å². The van der Waals surface area contributed by atoms with E-state index in [1.165, 1.54) is 26.2 Å². The van der Waals surface area contributed by atoms with Crippen LogP contribution in [-0.4, -0.2) is 80.2 Å². The molecule has 1 aromatic rings. The molecule has 1 aromatic carbocycles. The number of likely N-dealkylation sites (N-methyl/N-ethyl adjacent to an activating group) is 2. The molecule has 8 nitrogen and oxygen atoms in total. The molecule has 0 atom stereocenters. The number of hydrogen-bond acceptors (Lipinski definition) is 5. The van der Waals surface area contributed by atoms with Gasteiger partial charge in [0.1, 0.15) is 11.5 Å². The van der Waals surface area contributed by atoms with Gasteiger partial charge >= 0.3 is 0 Å². The molecule has 0 radical (unpaired) electrons. The van der Waals surface area contributed by atoms with Crippen molar-refractivity contribution in [1.82, 2.24) is 4.90 Å². The number of amides is 2. The fraction of sp³-hybridized carbons (Fsp3) is 0.529. The van der Waals surface area contributed by atoms with Crippen LogP contribution in [0.2, 0.25) is 0 Å². The molecular formula is C17H27N4O4+. The number of rotatable bonds is 5. The zero-order valence-electron chi connectivity index (χ0n) is 15.3. The molecule has 0 unspecified atom stereocenters. The Kier molecular flexibility index (Phi) is 5.86. The van der Waals surface area contributed by atoms with Crippen molar-refractivity contribution in [2.24, 2.45) is 0 Å². The number of hydrogen-bond donors (Lipinski definition) is 3. The predicted octanol–water partition coefficient (Wildman–Crippen LogP) is 0.690. The topological polar surface area (TPSA) is 90.9 Å². The van der Waals surface area contributed by atoms with E-state index in [1.54, 1.807) is 0 Å². The fourth-order valence-electron chi connectivity index (χ4n) is 2.87. The third-order valence-electron chi connectivity index (χ3n) is 4.47. The predicted molar refractivity (Wildman–Crippen MR) is 95.9 cm³/mol. The van der Waals surface area contributed by atoms with Crippen LogP contribution in [0.15, 0.2) is 12.1 Å². The zero-order valence-corrected chi connectivity index (χ0v) is 15.3. The Morgan fingerprint density at radius 1 is 1.24 bits per heavy atom. The summed E-state index contributed by atoms with van der Waals surface area (Å²) in [6, 6.07) is 2.87. The third kappa shape index (κ3) is 5.07. The van der Waals surface area contributed by atoms with E-state index < -0.39 is 0 Å². The minimum atomic E-state index is -0.276. The number of piperazine rings is 1. The van der Waals surface area contributed by atoms with Crippen LogP contribution in [0.5, 0.6) is 11.5 Å². The van der Waals surface area contributed by atoms with Crippen LogP contribution in [0.1, 0.15) is 6.92 Å². The number of phenolic OH excluding ortho intramolecular Hbond substituents is 1. The second-order valence-electron chi connectivity index (χ2n) is 6.83. The number of nitrogens with zero attached hydrogens (tertiary/aromatic N) is 2. The molecule has 3 N–H and O–H groups in total. The van der Waals surface area contributed by atoms with E-state index in [9.17, 15) is 14.7 Å². The number of nitrogens with one attached hydrogen (secondary N) is 2. The van der Waals surface area contributed by atoms with Gasteiger partial charge in [-0.1, -0.05) is 0 Å². The van der Waals surface area contributed by atoms with Crippen molar-refractivity contribution >= 4 is 23.2 Å². The van der Waals surface area contributed by atoms with E-state index in [2.05, 4.69) is 29.6 Å². The lowest BCUT2D eigenvalue weighted by atomic mass is 10.2. The number of quaternary nitrogens is 1. The molecule has 1 fully saturated rings. The molecule has 0 aromatic heterocycles. The van der Waals surface area contributed by atoms with Crippen molar-refractivity contribution < 1.29 is 23.9 Å². The van der Waals surface area contributed by atoms with Crippen molar-refractivity contribution in [1.29, 1.82) is 0 Å². The number of carbonyl (C=O) groups is 2. The largest absolute Gasteiger partial charge is 0.506 e. The van der Waals surface area contributed by atoms with Gasteiger partial charge < -0.3 is 25.0 Å². The molecule has 1 heterocycles. The van der Waals surface area contributed by atoms with E-state index >= 15 is 0 Å². The van der Waals surface area contributed by atoms with Crippen molar-refractivity contribution in [2.45, 2.75) is 6.92 Å². The maximum atomic E-state index is 12.4. The summed E-state index contributed by atoms with van der Waals surface area (Å²) in [6.45, 7) is 5.42. The standard InChI is InChI=1S/C17H26N4O4/c1-12(22)18-14-9-15(23)13(10-16(14)25-4)19-17(24)11-21(3)7-5-20(2)6-8-21/h9-10H,5-8,11H2,1-4H3,(H2-,18,19,22,23,24)/p+1. The Bertz CT molecular complexity index is 654. The van der Waals surface area contributed by atoms with Gasteiger partial charge in [-0.3, -0.25) is 14.5 Å². The average molecular weight is 351 g/mol. The van der Waals surface area contributed by atoms with Crippen LogP contribution in [0.3, 0.4) is 0 Å². The summed E-state index contributed by atoms with van der Waals surface area (Å²) in [5.74, 6) is -0.208. The van der Waals surface area contributed by atoms with Crippen molar-refractivity contribution in [3.63, 3.8) is 0 Å². The molecule has 2 rings (SSSR count). The summed E-state index contributed by atoms with van der Waals surface area (Å²) in [4.78, 5) is 25.9. The first-order valence-corrected chi connectivity index (χ1v) is 8.23. The number of ether oxygens (including phenoxy) is 1. The van der Waals surface area contributed by atoms with Crippen molar-refractivity contribution in [3.8, 4) is 11.5 Å². The van der Waals surface area contributed by atoms with Crippen molar-refractivity contribution in [2.75, 3.05) is 64.6 Å². The first-order valence-electron chi connectivity index (χ1n) is 8.23. The number of carbonyl (C=O) groups excluding carboxylic acids is 2. The first kappa shape index (κ1) is 19.0. The summed E-state index contributed by atoms with van der Waals surface area (Å²) in [6.07, 6.45) is 0. The number of methoxy groups -OCH3 is 1. The average Bonchev–Trinajstić information content (AvgIpc) is 2.52. The molecule has 0 spiro atoms. The second kappa shape index (κ2) is 7.71. The zero-order chi connectivity index (χ0) is 18.6. The minimum absolute atomic E-state index is 0.126. The van der Waals surface area contributed by atoms with Gasteiger partial charge in [-0.15, -0.1) is 0 Å². The normalized spacial score (nSPS) is 17.0. The van der Waals surface area contributed by atoms with Gasteiger partial charge in [-0.25, -0.2) is 0 Å². The summed E-state index contributed by atoms with van der Waals surface area (Å²) < 4.78 is 5.88. The van der Waals surface area contributed by atoms with E-state index in [-0.39, 0.29) is 23.3 Å². The smallest absolute Gasteiger partial charge is 0.279 e. The second-order valence-corrected chi connectivity index (χ2v) is 6.83. The number of phenols is 1. The van der Waals surface area contributed by atoms with Crippen LogP contribution in [0.4, 0.5) is 11.4 Å². The highest BCUT2D eigenvalue weighted by Gasteiger charge is 2.30. The van der Waals surface area contributed by atoms with Crippen LogP contribution < -0.4 is 15.4 Å². The first-order chi connectivity index (χ1) is 11.7. The van der Waals surface area contributed by atoms with Crippen LogP contribution >= 0.6 is 0 Å². The Morgan fingerprint density at radius 2 is 1.88 bits per heavy atom. The lowest BCUT2D eigenvalue weighted by Crippen LogP contribution is -2.58. The summed E-state index contributed by atoms with van der Waals surface area (Å²) in [7, 11) is 5.59. The van der Waals surface area contributed by atoms with E-state index in [4.69, 9.17) is 4.74 Å². The van der Waals surface area contributed by atoms with Gasteiger partial charge in [0.2, 0.25) is 5.91 Å². The van der Waals surface area contributed by atoms with Gasteiger partial charge in [0.25, 0.3) is 5.91 Å². The van der Waals surface area contributed by atoms with E-state index in [0.717, 1.165) is 26.2 Å². The maximum Gasteiger partial charge on any atom is 0.279 e. The molecule has 138 valence electrons. The van der Waals surface area contributed by atoms with Gasteiger partial charge in [0, 0.05) is 32.1 Å². The molecule has 1 aliphatic heterocycles. The molecule has 0 saturated carbocycles. The number of aromatic hydroxyl groups is 1. The third-order valence-corrected chi connectivity index (χ3v) is 4.47. The summed E-state index contributed by atoms with van der Waals surface area (Å²) in [5, 5.41) is 15.5. The van der Waals surface area contributed by atoms with Crippen LogP contribution in [-0.2, 0) is 9.59 Å². The van der Waals surface area contributed by atoms with Gasteiger partial charge in [0.15, 0.2) is 6.54 Å². The molecule has 25 heavy (non-hydrogen) atoms. The van der Waals surface area contributed by atoms with E-state index in [1.807, 2.05) is 0 Å². The maximum absolute atomic E-state index is 12.4. The number of anilines is 2. The van der Waals surface area contributed by atoms with Crippen LogP contribution in [0.25, 0.3) is 0 Å². The minimum Gasteiger partial charge on any atom is -0.506 e. The summed E-state index contributed by atoms with van der Waals surface area (Å²) in [5.41, 5.74) is 0.611. The SMILES string of the molecule is COc1cc(NC(=O)C[N+]2(C)CCN(C)CC2)c(O)cc1NC(C)=O. The molecule has 0 bridgehead atoms. The Balaban J connectivity index is 2.08. The van der Waals surface area contributed by atoms with Crippen molar-refractivity contribution in [3.05, 3.63) is 12.1 Å². The molecule has 0 aliphatic carbocycles. The number of benzene rings is 1.